The molecule has 136 valence electrons. The Kier molecular flexibility index (Phi) is 5.59. The fourth-order valence-electron chi connectivity index (χ4n) is 3.41. The van der Waals surface area contributed by atoms with Crippen molar-refractivity contribution >= 4 is 17.7 Å². The van der Waals surface area contributed by atoms with Crippen molar-refractivity contribution in [1.82, 2.24) is 0 Å². The van der Waals surface area contributed by atoms with Crippen LogP contribution in [0.5, 0.6) is 0 Å². The van der Waals surface area contributed by atoms with Crippen LogP contribution in [0.4, 0.5) is 0 Å². The molecule has 1 nitrogen and oxygen atoms in total. The molecular weight excluding hydrogens is 363 g/mol. The molecule has 1 aromatic heterocycles. The van der Waals surface area contributed by atoms with E-state index < -0.39 is 13.3 Å². The van der Waals surface area contributed by atoms with Gasteiger partial charge in [0.1, 0.15) is 0 Å². The van der Waals surface area contributed by atoms with Gasteiger partial charge in [-0.1, -0.05) is 0 Å². The molecule has 2 rings (SSSR count). The standard InChI is InChI=1S/C23H36GeN/c1-16(2)18-12-11-17(3)19(13-18)22-14-20(23(4,5)6)21(15-25(22)10)24(7,8)9/h11-16H,1-10H3/q+1. The fraction of sp³-hybridized carbons (Fsp3) is 0.522. The van der Waals surface area contributed by atoms with Gasteiger partial charge in [-0.25, -0.2) is 0 Å². The van der Waals surface area contributed by atoms with Crippen molar-refractivity contribution in [2.24, 2.45) is 7.05 Å². The van der Waals surface area contributed by atoms with Gasteiger partial charge in [-0.3, -0.25) is 0 Å². The predicted octanol–water partition coefficient (Wildman–Crippen LogP) is 5.45. The van der Waals surface area contributed by atoms with Crippen molar-refractivity contribution < 1.29 is 4.57 Å². The average molecular weight is 399 g/mol. The molecule has 0 spiro atoms. The van der Waals surface area contributed by atoms with Crippen molar-refractivity contribution in [3.05, 3.63) is 47.2 Å². The molecule has 0 fully saturated rings. The number of nitrogens with zero attached hydrogens (tertiary/aromatic N) is 1. The molecule has 2 heteroatoms. The number of rotatable bonds is 3. The Balaban J connectivity index is 2.79. The van der Waals surface area contributed by atoms with Crippen LogP contribution in [0.25, 0.3) is 11.3 Å². The second-order valence-corrected chi connectivity index (χ2v) is 20.4. The average Bonchev–Trinajstić information content (AvgIpc) is 2.45. The van der Waals surface area contributed by atoms with Crippen LogP contribution in [0.15, 0.2) is 30.5 Å². The van der Waals surface area contributed by atoms with Crippen molar-refractivity contribution in [3.63, 3.8) is 0 Å². The molecule has 0 saturated carbocycles. The topological polar surface area (TPSA) is 3.88 Å². The summed E-state index contributed by atoms with van der Waals surface area (Å²) in [4.78, 5) is 0. The molecule has 1 aromatic carbocycles. The second kappa shape index (κ2) is 6.91. The molecule has 0 aliphatic heterocycles. The number of hydrogen-bond donors (Lipinski definition) is 0. The Bertz CT molecular complexity index is 774. The van der Waals surface area contributed by atoms with E-state index in [1.54, 1.807) is 4.40 Å². The number of aryl methyl sites for hydroxylation is 2. The number of benzene rings is 1. The van der Waals surface area contributed by atoms with Crippen LogP contribution >= 0.6 is 0 Å². The van der Waals surface area contributed by atoms with E-state index in [1.807, 2.05) is 0 Å². The SMILES string of the molecule is Cc1ccc(C(C)C)cc1-c1cc(C(C)(C)C)[c]([Ge]([CH3])([CH3])[CH3])c[n+]1C. The molecule has 2 aromatic rings. The summed E-state index contributed by atoms with van der Waals surface area (Å²) in [6, 6.07) is 9.40. The molecule has 0 unspecified atom stereocenters. The van der Waals surface area contributed by atoms with Gasteiger partial charge in [0.15, 0.2) is 0 Å². The monoisotopic (exact) mass is 400 g/mol. The molecule has 0 N–H and O–H groups in total. The number of aromatic nitrogens is 1. The third-order valence-corrected chi connectivity index (χ3v) is 9.32. The van der Waals surface area contributed by atoms with Gasteiger partial charge in [-0.2, -0.15) is 0 Å². The minimum atomic E-state index is -1.94. The Morgan fingerprint density at radius 1 is 1.00 bits per heavy atom. The van der Waals surface area contributed by atoms with E-state index in [4.69, 9.17) is 0 Å². The number of pyridine rings is 1. The summed E-state index contributed by atoms with van der Waals surface area (Å²) in [6.07, 6.45) is 2.43. The summed E-state index contributed by atoms with van der Waals surface area (Å²) >= 11 is -1.94. The first-order valence-electron chi connectivity index (χ1n) is 9.48. The van der Waals surface area contributed by atoms with Crippen LogP contribution in [0, 0.1) is 6.92 Å². The molecule has 0 radical (unpaired) electrons. The van der Waals surface area contributed by atoms with Crippen LogP contribution in [-0.2, 0) is 12.5 Å². The number of hydrogen-bond acceptors (Lipinski definition) is 0. The van der Waals surface area contributed by atoms with Gasteiger partial charge in [0.25, 0.3) is 0 Å². The molecule has 0 bridgehead atoms. The van der Waals surface area contributed by atoms with Gasteiger partial charge >= 0.3 is 158 Å². The van der Waals surface area contributed by atoms with E-state index in [9.17, 15) is 0 Å². The first-order chi connectivity index (χ1) is 11.3. The van der Waals surface area contributed by atoms with Gasteiger partial charge in [0.05, 0.1) is 0 Å². The Hall–Kier alpha value is -1.09. The molecule has 0 aliphatic carbocycles. The minimum absolute atomic E-state index is 0.167. The maximum absolute atomic E-state index is 2.49. The quantitative estimate of drug-likeness (QED) is 0.477. The van der Waals surface area contributed by atoms with E-state index in [0.717, 1.165) is 0 Å². The van der Waals surface area contributed by atoms with Gasteiger partial charge in [-0.05, 0) is 0 Å². The fourth-order valence-corrected chi connectivity index (χ4v) is 7.26. The normalized spacial score (nSPS) is 12.8. The maximum atomic E-state index is 2.49. The van der Waals surface area contributed by atoms with E-state index in [-0.39, 0.29) is 5.41 Å². The van der Waals surface area contributed by atoms with Crippen LogP contribution < -0.4 is 8.96 Å². The first kappa shape index (κ1) is 20.2. The Labute approximate surface area is 157 Å². The van der Waals surface area contributed by atoms with Crippen molar-refractivity contribution in [3.8, 4) is 11.3 Å². The van der Waals surface area contributed by atoms with Crippen LogP contribution in [0.3, 0.4) is 0 Å². The molecule has 0 atom stereocenters. The Morgan fingerprint density at radius 3 is 2.08 bits per heavy atom. The summed E-state index contributed by atoms with van der Waals surface area (Å²) in [7, 11) is 2.21. The van der Waals surface area contributed by atoms with E-state index in [1.165, 1.54) is 27.9 Å². The summed E-state index contributed by atoms with van der Waals surface area (Å²) in [5.74, 6) is 8.04. The molecule has 0 aliphatic rings. The zero-order valence-electron chi connectivity index (χ0n) is 17.9. The molecule has 25 heavy (non-hydrogen) atoms. The summed E-state index contributed by atoms with van der Waals surface area (Å²) < 4.78 is 3.98. The van der Waals surface area contributed by atoms with Gasteiger partial charge in [0, 0.05) is 0 Å². The summed E-state index contributed by atoms with van der Waals surface area (Å²) in [6.45, 7) is 13.8. The molecule has 0 amide bonds. The third-order valence-electron chi connectivity index (χ3n) is 5.09. The van der Waals surface area contributed by atoms with Crippen LogP contribution in [-0.4, -0.2) is 13.3 Å². The van der Waals surface area contributed by atoms with E-state index >= 15 is 0 Å². The molecule has 0 saturated heterocycles. The van der Waals surface area contributed by atoms with Gasteiger partial charge in [0.2, 0.25) is 0 Å². The Morgan fingerprint density at radius 2 is 1.60 bits per heavy atom. The zero-order valence-corrected chi connectivity index (χ0v) is 20.0. The van der Waals surface area contributed by atoms with E-state index in [2.05, 4.69) is 101 Å². The molecular formula is C23H36GeN+. The van der Waals surface area contributed by atoms with Crippen molar-refractivity contribution in [2.45, 2.75) is 70.1 Å². The second-order valence-electron chi connectivity index (χ2n) is 9.83. The van der Waals surface area contributed by atoms with Crippen LogP contribution in [0.2, 0.25) is 17.3 Å². The third kappa shape index (κ3) is 4.37. The van der Waals surface area contributed by atoms with Gasteiger partial charge < -0.3 is 0 Å². The molecule has 1 heterocycles. The first-order valence-corrected chi connectivity index (χ1v) is 16.8. The van der Waals surface area contributed by atoms with Gasteiger partial charge in [-0.15, -0.1) is 0 Å². The van der Waals surface area contributed by atoms with E-state index in [0.29, 0.717) is 5.92 Å². The van der Waals surface area contributed by atoms with Crippen LogP contribution in [0.1, 0.15) is 57.2 Å². The van der Waals surface area contributed by atoms with Crippen molar-refractivity contribution in [2.75, 3.05) is 0 Å². The summed E-state index contributed by atoms with van der Waals surface area (Å²) in [5, 5.41) is 0. The summed E-state index contributed by atoms with van der Waals surface area (Å²) in [5.41, 5.74) is 7.16. The predicted molar refractivity (Wildman–Crippen MR) is 114 cm³/mol. The zero-order chi connectivity index (χ0) is 19.2. The van der Waals surface area contributed by atoms with Crippen molar-refractivity contribution in [1.29, 1.82) is 0 Å².